The smallest absolute Gasteiger partial charge is 0.226 e. The van der Waals surface area contributed by atoms with E-state index in [1.165, 1.54) is 5.56 Å². The summed E-state index contributed by atoms with van der Waals surface area (Å²) in [7, 11) is 5.63. The van der Waals surface area contributed by atoms with E-state index in [2.05, 4.69) is 31.9 Å². The first kappa shape index (κ1) is 16.5. The van der Waals surface area contributed by atoms with Gasteiger partial charge in [0.1, 0.15) is 11.6 Å². The van der Waals surface area contributed by atoms with Crippen molar-refractivity contribution in [1.29, 1.82) is 0 Å². The fraction of sp³-hybridized carbons (Fsp3) is 0.444. The molecule has 0 unspecified atom stereocenters. The van der Waals surface area contributed by atoms with Gasteiger partial charge in [-0.2, -0.15) is 4.98 Å². The molecule has 0 saturated carbocycles. The van der Waals surface area contributed by atoms with Crippen molar-refractivity contribution < 1.29 is 4.74 Å². The molecule has 6 nitrogen and oxygen atoms in total. The molecule has 0 amide bonds. The quantitative estimate of drug-likeness (QED) is 0.835. The Morgan fingerprint density at radius 3 is 2.38 bits per heavy atom. The summed E-state index contributed by atoms with van der Waals surface area (Å²) < 4.78 is 5.21. The number of nitrogens with zero attached hydrogens (tertiary/aromatic N) is 5. The average molecular weight is 327 g/mol. The number of hydrogen-bond donors (Lipinski definition) is 0. The van der Waals surface area contributed by atoms with Crippen LogP contribution in [0.2, 0.25) is 0 Å². The van der Waals surface area contributed by atoms with Gasteiger partial charge in [0, 0.05) is 53.0 Å². The second-order valence-corrected chi connectivity index (χ2v) is 6.22. The van der Waals surface area contributed by atoms with Crippen LogP contribution in [0.1, 0.15) is 5.56 Å². The first-order valence-electron chi connectivity index (χ1n) is 8.26. The van der Waals surface area contributed by atoms with Gasteiger partial charge < -0.3 is 14.5 Å². The summed E-state index contributed by atoms with van der Waals surface area (Å²) in [6.07, 6.45) is 1.83. The molecule has 1 aliphatic rings. The number of benzene rings is 1. The van der Waals surface area contributed by atoms with Gasteiger partial charge in [-0.1, -0.05) is 12.1 Å². The molecule has 0 aliphatic carbocycles. The van der Waals surface area contributed by atoms with Crippen LogP contribution >= 0.6 is 0 Å². The molecule has 3 rings (SSSR count). The number of ether oxygens (including phenoxy) is 1. The largest absolute Gasteiger partial charge is 0.497 e. The van der Waals surface area contributed by atoms with Crippen molar-refractivity contribution in [3.05, 3.63) is 42.1 Å². The Balaban J connectivity index is 1.56. The fourth-order valence-electron chi connectivity index (χ4n) is 2.86. The van der Waals surface area contributed by atoms with Gasteiger partial charge >= 0.3 is 0 Å². The van der Waals surface area contributed by atoms with Crippen molar-refractivity contribution in [2.45, 2.75) is 6.54 Å². The van der Waals surface area contributed by atoms with E-state index >= 15 is 0 Å². The third-order valence-electron chi connectivity index (χ3n) is 4.29. The molecule has 0 N–H and O–H groups in total. The number of anilines is 2. The zero-order chi connectivity index (χ0) is 16.9. The minimum Gasteiger partial charge on any atom is -0.497 e. The van der Waals surface area contributed by atoms with Gasteiger partial charge in [-0.15, -0.1) is 0 Å². The first-order chi connectivity index (χ1) is 11.7. The molecular formula is C18H25N5O. The second kappa shape index (κ2) is 7.49. The molecule has 2 heterocycles. The highest BCUT2D eigenvalue weighted by Gasteiger charge is 2.18. The summed E-state index contributed by atoms with van der Waals surface area (Å²) >= 11 is 0. The van der Waals surface area contributed by atoms with Crippen LogP contribution in [-0.2, 0) is 6.54 Å². The second-order valence-electron chi connectivity index (χ2n) is 6.22. The Morgan fingerprint density at radius 2 is 1.75 bits per heavy atom. The lowest BCUT2D eigenvalue weighted by Crippen LogP contribution is -2.46. The van der Waals surface area contributed by atoms with Crippen LogP contribution in [0.4, 0.5) is 11.8 Å². The zero-order valence-electron chi connectivity index (χ0n) is 14.6. The summed E-state index contributed by atoms with van der Waals surface area (Å²) in [4.78, 5) is 15.7. The number of methoxy groups -OCH3 is 1. The lowest BCUT2D eigenvalue weighted by molar-refractivity contribution is 0.249. The van der Waals surface area contributed by atoms with Crippen molar-refractivity contribution in [3.8, 4) is 5.75 Å². The molecule has 1 aliphatic heterocycles. The van der Waals surface area contributed by atoms with E-state index in [9.17, 15) is 0 Å². The maximum absolute atomic E-state index is 5.21. The molecule has 0 bridgehead atoms. The standard InChI is InChI=1S/C18H25N5O/c1-21(2)18-19-9-8-17(20-18)23-12-10-22(11-13-23)14-15-4-6-16(24-3)7-5-15/h4-9H,10-14H2,1-3H3. The Morgan fingerprint density at radius 1 is 1.04 bits per heavy atom. The molecule has 2 aromatic rings. The first-order valence-corrected chi connectivity index (χ1v) is 8.26. The van der Waals surface area contributed by atoms with E-state index in [0.29, 0.717) is 0 Å². The van der Waals surface area contributed by atoms with Crippen LogP contribution in [0.5, 0.6) is 5.75 Å². The van der Waals surface area contributed by atoms with Crippen molar-refractivity contribution in [2.24, 2.45) is 0 Å². The number of rotatable bonds is 5. The lowest BCUT2D eigenvalue weighted by Gasteiger charge is -2.35. The van der Waals surface area contributed by atoms with E-state index < -0.39 is 0 Å². The van der Waals surface area contributed by atoms with E-state index in [1.54, 1.807) is 7.11 Å². The van der Waals surface area contributed by atoms with E-state index in [1.807, 2.05) is 43.4 Å². The Hall–Kier alpha value is -2.34. The summed E-state index contributed by atoms with van der Waals surface area (Å²) in [6.45, 7) is 5.02. The van der Waals surface area contributed by atoms with Gasteiger partial charge in [0.15, 0.2) is 0 Å². The predicted molar refractivity (Wildman–Crippen MR) is 96.8 cm³/mol. The van der Waals surface area contributed by atoms with Gasteiger partial charge in [-0.25, -0.2) is 4.98 Å². The predicted octanol–water partition coefficient (Wildman–Crippen LogP) is 1.87. The molecule has 0 atom stereocenters. The van der Waals surface area contributed by atoms with Gasteiger partial charge in [-0.05, 0) is 23.8 Å². The maximum atomic E-state index is 5.21. The molecule has 128 valence electrons. The van der Waals surface area contributed by atoms with Gasteiger partial charge in [0.2, 0.25) is 5.95 Å². The molecule has 1 fully saturated rings. The number of piperazine rings is 1. The van der Waals surface area contributed by atoms with Crippen LogP contribution < -0.4 is 14.5 Å². The summed E-state index contributed by atoms with van der Waals surface area (Å²) in [5.74, 6) is 2.68. The van der Waals surface area contributed by atoms with E-state index in [-0.39, 0.29) is 0 Å². The number of aromatic nitrogens is 2. The highest BCUT2D eigenvalue weighted by molar-refractivity contribution is 5.43. The van der Waals surface area contributed by atoms with Gasteiger partial charge in [-0.3, -0.25) is 4.90 Å². The van der Waals surface area contributed by atoms with Crippen LogP contribution in [0.25, 0.3) is 0 Å². The zero-order valence-corrected chi connectivity index (χ0v) is 14.6. The molecule has 1 saturated heterocycles. The normalized spacial score (nSPS) is 15.4. The van der Waals surface area contributed by atoms with Crippen molar-refractivity contribution in [1.82, 2.24) is 14.9 Å². The molecule has 1 aromatic carbocycles. The highest BCUT2D eigenvalue weighted by Crippen LogP contribution is 2.18. The Bertz CT molecular complexity index is 651. The van der Waals surface area contributed by atoms with Crippen molar-refractivity contribution in [3.63, 3.8) is 0 Å². The highest BCUT2D eigenvalue weighted by atomic mass is 16.5. The van der Waals surface area contributed by atoms with Crippen LogP contribution in [-0.4, -0.2) is 62.3 Å². The van der Waals surface area contributed by atoms with Crippen LogP contribution in [0.3, 0.4) is 0 Å². The summed E-state index contributed by atoms with van der Waals surface area (Å²) in [5, 5.41) is 0. The van der Waals surface area contributed by atoms with Crippen molar-refractivity contribution >= 4 is 11.8 Å². The lowest BCUT2D eigenvalue weighted by atomic mass is 10.2. The third kappa shape index (κ3) is 3.94. The molecule has 24 heavy (non-hydrogen) atoms. The van der Waals surface area contributed by atoms with Gasteiger partial charge in [0.05, 0.1) is 7.11 Å². The van der Waals surface area contributed by atoms with Gasteiger partial charge in [0.25, 0.3) is 0 Å². The average Bonchev–Trinajstić information content (AvgIpc) is 2.63. The van der Waals surface area contributed by atoms with Crippen LogP contribution in [0.15, 0.2) is 36.5 Å². The summed E-state index contributed by atoms with van der Waals surface area (Å²) in [6, 6.07) is 10.3. The molecular weight excluding hydrogens is 302 g/mol. The maximum Gasteiger partial charge on any atom is 0.226 e. The monoisotopic (exact) mass is 327 g/mol. The Kier molecular flexibility index (Phi) is 5.15. The minimum atomic E-state index is 0.758. The Labute approximate surface area is 143 Å². The number of hydrogen-bond acceptors (Lipinski definition) is 6. The van der Waals surface area contributed by atoms with Crippen molar-refractivity contribution in [2.75, 3.05) is 57.2 Å². The third-order valence-corrected chi connectivity index (χ3v) is 4.29. The SMILES string of the molecule is COc1ccc(CN2CCN(c3ccnc(N(C)C)n3)CC2)cc1. The summed E-state index contributed by atoms with van der Waals surface area (Å²) in [5.41, 5.74) is 1.32. The van der Waals surface area contributed by atoms with Crippen LogP contribution in [0, 0.1) is 0 Å². The molecule has 6 heteroatoms. The topological polar surface area (TPSA) is 44.7 Å². The molecule has 0 radical (unpaired) electrons. The van der Waals surface area contributed by atoms with E-state index in [0.717, 1.165) is 50.2 Å². The fourth-order valence-corrected chi connectivity index (χ4v) is 2.86. The molecule has 1 aromatic heterocycles. The molecule has 0 spiro atoms. The minimum absolute atomic E-state index is 0.758. The van der Waals surface area contributed by atoms with E-state index in [4.69, 9.17) is 4.74 Å².